The van der Waals surface area contributed by atoms with E-state index in [4.69, 9.17) is 16.3 Å². The highest BCUT2D eigenvalue weighted by Gasteiger charge is 2.34. The molecule has 0 aromatic heterocycles. The lowest BCUT2D eigenvalue weighted by molar-refractivity contribution is 0.291. The maximum Gasteiger partial charge on any atom is 0.137 e. The number of rotatable bonds is 6. The van der Waals surface area contributed by atoms with Crippen molar-refractivity contribution in [2.24, 2.45) is 0 Å². The van der Waals surface area contributed by atoms with Crippen molar-refractivity contribution in [3.05, 3.63) is 101 Å². The van der Waals surface area contributed by atoms with Crippen LogP contribution in [-0.4, -0.2) is 6.61 Å². The van der Waals surface area contributed by atoms with Crippen LogP contribution in [0.4, 0.5) is 0 Å². The smallest absolute Gasteiger partial charge is 0.137 e. The standard InChI is InChI=1S/C22H18ClNO/c23-20-13-7-8-14-21(20)25-16-15-22(17-24,18-9-3-1-4-10-18)19-11-5-2-6-12-19/h1-14H,15-16H2. The van der Waals surface area contributed by atoms with E-state index in [2.05, 4.69) is 6.07 Å². The lowest BCUT2D eigenvalue weighted by Crippen LogP contribution is -2.28. The summed E-state index contributed by atoms with van der Waals surface area (Å²) in [6.07, 6.45) is 0.531. The molecule has 0 fully saturated rings. The van der Waals surface area contributed by atoms with Gasteiger partial charge in [0.15, 0.2) is 0 Å². The molecule has 124 valence electrons. The molecule has 0 aliphatic rings. The maximum absolute atomic E-state index is 10.1. The van der Waals surface area contributed by atoms with E-state index in [-0.39, 0.29) is 0 Å². The number of ether oxygens (including phenoxy) is 1. The van der Waals surface area contributed by atoms with E-state index in [0.717, 1.165) is 11.1 Å². The van der Waals surface area contributed by atoms with E-state index in [0.29, 0.717) is 23.8 Å². The Balaban J connectivity index is 1.90. The summed E-state index contributed by atoms with van der Waals surface area (Å²) < 4.78 is 5.85. The first-order valence-corrected chi connectivity index (χ1v) is 8.54. The fourth-order valence-corrected chi connectivity index (χ4v) is 3.15. The normalized spacial score (nSPS) is 10.9. The highest BCUT2D eigenvalue weighted by molar-refractivity contribution is 6.32. The molecule has 0 spiro atoms. The molecule has 0 heterocycles. The Morgan fingerprint density at radius 3 is 1.84 bits per heavy atom. The molecular weight excluding hydrogens is 330 g/mol. The van der Waals surface area contributed by atoms with Gasteiger partial charge in [0.05, 0.1) is 17.7 Å². The number of nitrogens with zero attached hydrogens (tertiary/aromatic N) is 1. The van der Waals surface area contributed by atoms with Crippen LogP contribution >= 0.6 is 11.6 Å². The quantitative estimate of drug-likeness (QED) is 0.579. The molecule has 0 saturated heterocycles. The number of hydrogen-bond donors (Lipinski definition) is 0. The van der Waals surface area contributed by atoms with Gasteiger partial charge in [-0.1, -0.05) is 84.4 Å². The molecule has 3 aromatic carbocycles. The highest BCUT2D eigenvalue weighted by atomic mass is 35.5. The van der Waals surface area contributed by atoms with Crippen LogP contribution in [0.25, 0.3) is 0 Å². The van der Waals surface area contributed by atoms with Gasteiger partial charge in [-0.05, 0) is 23.3 Å². The van der Waals surface area contributed by atoms with Crippen molar-refractivity contribution in [2.75, 3.05) is 6.61 Å². The molecule has 0 amide bonds. The van der Waals surface area contributed by atoms with Gasteiger partial charge in [-0.15, -0.1) is 0 Å². The van der Waals surface area contributed by atoms with E-state index in [9.17, 15) is 5.26 Å². The fraction of sp³-hybridized carbons (Fsp3) is 0.136. The van der Waals surface area contributed by atoms with Gasteiger partial charge in [-0.25, -0.2) is 0 Å². The molecule has 25 heavy (non-hydrogen) atoms. The summed E-state index contributed by atoms with van der Waals surface area (Å²) in [5.41, 5.74) is 1.17. The second kappa shape index (κ2) is 7.88. The van der Waals surface area contributed by atoms with Crippen LogP contribution in [0.5, 0.6) is 5.75 Å². The van der Waals surface area contributed by atoms with Crippen molar-refractivity contribution in [1.82, 2.24) is 0 Å². The maximum atomic E-state index is 10.1. The molecule has 0 aliphatic carbocycles. The van der Waals surface area contributed by atoms with Gasteiger partial charge in [0.2, 0.25) is 0 Å². The third-order valence-electron chi connectivity index (χ3n) is 4.30. The van der Waals surface area contributed by atoms with Gasteiger partial charge in [0.1, 0.15) is 11.2 Å². The van der Waals surface area contributed by atoms with Crippen LogP contribution in [0.2, 0.25) is 5.02 Å². The van der Waals surface area contributed by atoms with Crippen LogP contribution in [0.15, 0.2) is 84.9 Å². The number of nitriles is 1. The molecule has 0 bridgehead atoms. The largest absolute Gasteiger partial charge is 0.492 e. The molecule has 2 nitrogen and oxygen atoms in total. The molecule has 3 aromatic rings. The highest BCUT2D eigenvalue weighted by Crippen LogP contribution is 2.35. The van der Waals surface area contributed by atoms with Crippen molar-refractivity contribution in [2.45, 2.75) is 11.8 Å². The minimum Gasteiger partial charge on any atom is -0.492 e. The van der Waals surface area contributed by atoms with Crippen molar-refractivity contribution < 1.29 is 4.74 Å². The van der Waals surface area contributed by atoms with Gasteiger partial charge in [-0.2, -0.15) is 5.26 Å². The average Bonchev–Trinajstić information content (AvgIpc) is 2.68. The summed E-state index contributed by atoms with van der Waals surface area (Å²) in [6, 6.07) is 29.6. The SMILES string of the molecule is N#CC(CCOc1ccccc1Cl)(c1ccccc1)c1ccccc1. The van der Waals surface area contributed by atoms with Crippen LogP contribution < -0.4 is 4.74 Å². The Morgan fingerprint density at radius 2 is 1.32 bits per heavy atom. The number of hydrogen-bond acceptors (Lipinski definition) is 2. The number of benzene rings is 3. The Morgan fingerprint density at radius 1 is 0.800 bits per heavy atom. The predicted molar refractivity (Wildman–Crippen MR) is 101 cm³/mol. The predicted octanol–water partition coefficient (Wildman–Crippen LogP) is 5.62. The summed E-state index contributed by atoms with van der Waals surface area (Å²) in [6.45, 7) is 0.390. The van der Waals surface area contributed by atoms with Crippen molar-refractivity contribution in [3.63, 3.8) is 0 Å². The summed E-state index contributed by atoms with van der Waals surface area (Å²) in [5.74, 6) is 0.636. The van der Waals surface area contributed by atoms with E-state index in [1.54, 1.807) is 6.07 Å². The molecule has 0 unspecified atom stereocenters. The van der Waals surface area contributed by atoms with Gasteiger partial charge < -0.3 is 4.74 Å². The molecule has 3 heteroatoms. The van der Waals surface area contributed by atoms with Crippen molar-refractivity contribution in [3.8, 4) is 11.8 Å². The topological polar surface area (TPSA) is 33.0 Å². The van der Waals surface area contributed by atoms with Crippen LogP contribution in [-0.2, 0) is 5.41 Å². The third kappa shape index (κ3) is 3.68. The Labute approximate surface area is 153 Å². The Hall–Kier alpha value is -2.76. The minimum atomic E-state index is -0.760. The molecule has 0 N–H and O–H groups in total. The molecule has 0 saturated carbocycles. The Bertz CT molecular complexity index is 816. The van der Waals surface area contributed by atoms with Gasteiger partial charge in [-0.3, -0.25) is 0 Å². The zero-order valence-electron chi connectivity index (χ0n) is 13.7. The first kappa shape index (κ1) is 17.1. The van der Waals surface area contributed by atoms with Gasteiger partial charge in [0, 0.05) is 6.42 Å². The summed E-state index contributed by atoms with van der Waals surface area (Å²) in [7, 11) is 0. The lowest BCUT2D eigenvalue weighted by Gasteiger charge is -2.28. The van der Waals surface area contributed by atoms with E-state index in [1.165, 1.54) is 0 Å². The third-order valence-corrected chi connectivity index (χ3v) is 4.61. The lowest BCUT2D eigenvalue weighted by atomic mass is 9.73. The molecular formula is C22H18ClNO. The Kier molecular flexibility index (Phi) is 5.38. The number of halogens is 1. The van der Waals surface area contributed by atoms with E-state index >= 15 is 0 Å². The van der Waals surface area contributed by atoms with Crippen molar-refractivity contribution >= 4 is 11.6 Å². The molecule has 3 rings (SSSR count). The van der Waals surface area contributed by atoms with Gasteiger partial charge in [0.25, 0.3) is 0 Å². The summed E-state index contributed by atoms with van der Waals surface area (Å²) in [5, 5.41) is 10.7. The first-order chi connectivity index (χ1) is 12.3. The fourth-order valence-electron chi connectivity index (χ4n) is 2.96. The molecule has 0 radical (unpaired) electrons. The average molecular weight is 348 g/mol. The van der Waals surface area contributed by atoms with E-state index in [1.807, 2.05) is 78.9 Å². The monoisotopic (exact) mass is 347 g/mol. The summed E-state index contributed by atoms with van der Waals surface area (Å²) >= 11 is 6.15. The zero-order chi connectivity index (χ0) is 17.5. The second-order valence-electron chi connectivity index (χ2n) is 5.78. The van der Waals surface area contributed by atoms with Crippen molar-refractivity contribution in [1.29, 1.82) is 5.26 Å². The number of para-hydroxylation sites is 1. The van der Waals surface area contributed by atoms with E-state index < -0.39 is 5.41 Å². The second-order valence-corrected chi connectivity index (χ2v) is 6.19. The first-order valence-electron chi connectivity index (χ1n) is 8.16. The van der Waals surface area contributed by atoms with Crippen LogP contribution in [0, 0.1) is 11.3 Å². The van der Waals surface area contributed by atoms with Gasteiger partial charge >= 0.3 is 0 Å². The molecule has 0 atom stereocenters. The van der Waals surface area contributed by atoms with Crippen LogP contribution in [0.1, 0.15) is 17.5 Å². The zero-order valence-corrected chi connectivity index (χ0v) is 14.5. The minimum absolute atomic E-state index is 0.390. The molecule has 0 aliphatic heterocycles. The van der Waals surface area contributed by atoms with Crippen LogP contribution in [0.3, 0.4) is 0 Å². The summed E-state index contributed by atoms with van der Waals surface area (Å²) in [4.78, 5) is 0.